The van der Waals surface area contributed by atoms with Crippen LogP contribution in [0.5, 0.6) is 0 Å². The van der Waals surface area contributed by atoms with E-state index in [0.29, 0.717) is 0 Å². The lowest BCUT2D eigenvalue weighted by atomic mass is 10.0. The summed E-state index contributed by atoms with van der Waals surface area (Å²) < 4.78 is 0. The summed E-state index contributed by atoms with van der Waals surface area (Å²) in [7, 11) is 0. The van der Waals surface area contributed by atoms with Crippen LogP contribution in [0.4, 0.5) is 0 Å². The molecule has 1 aromatic carbocycles. The second kappa shape index (κ2) is 6.51. The van der Waals surface area contributed by atoms with Crippen LogP contribution in [-0.4, -0.2) is 16.2 Å². The van der Waals surface area contributed by atoms with Gasteiger partial charge in [0.25, 0.3) is 0 Å². The number of pyridine rings is 2. The number of rotatable bonds is 3. The molecule has 0 aliphatic carbocycles. The number of benzene rings is 1. The fourth-order valence-corrected chi connectivity index (χ4v) is 3.12. The molecule has 22 heavy (non-hydrogen) atoms. The van der Waals surface area contributed by atoms with E-state index in [1.165, 1.54) is 0 Å². The second-order valence-electron chi connectivity index (χ2n) is 4.95. The molecule has 0 saturated heterocycles. The third-order valence-electron chi connectivity index (χ3n) is 3.47. The summed E-state index contributed by atoms with van der Waals surface area (Å²) in [6.07, 6.45) is 5.70. The van der Waals surface area contributed by atoms with Gasteiger partial charge >= 0.3 is 0 Å². The van der Waals surface area contributed by atoms with Gasteiger partial charge < -0.3 is 0 Å². The molecule has 0 amide bonds. The number of aromatic nitrogens is 2. The van der Waals surface area contributed by atoms with Crippen molar-refractivity contribution in [1.29, 1.82) is 0 Å². The molecule has 110 valence electrons. The molecule has 0 N–H and O–H groups in total. The van der Waals surface area contributed by atoms with Crippen LogP contribution < -0.4 is 0 Å². The van der Waals surface area contributed by atoms with Crippen molar-refractivity contribution in [2.75, 3.05) is 6.26 Å². The van der Waals surface area contributed by atoms with Crippen LogP contribution in [0.2, 0.25) is 5.02 Å². The molecular formula is C18H15ClN2S. The Morgan fingerprint density at radius 2 is 1.86 bits per heavy atom. The maximum absolute atomic E-state index is 6.24. The van der Waals surface area contributed by atoms with Crippen LogP contribution in [0.1, 0.15) is 5.69 Å². The Labute approximate surface area is 139 Å². The largest absolute Gasteiger partial charge is 0.260 e. The van der Waals surface area contributed by atoms with Crippen molar-refractivity contribution in [2.45, 2.75) is 11.8 Å². The van der Waals surface area contributed by atoms with Gasteiger partial charge in [0.2, 0.25) is 0 Å². The monoisotopic (exact) mass is 326 g/mol. The van der Waals surface area contributed by atoms with Crippen LogP contribution >= 0.6 is 23.4 Å². The number of aryl methyl sites for hydroxylation is 1. The molecule has 3 rings (SSSR count). The molecule has 0 fully saturated rings. The number of hydrogen-bond donors (Lipinski definition) is 0. The highest BCUT2D eigenvalue weighted by Crippen LogP contribution is 2.32. The molecule has 3 aromatic rings. The van der Waals surface area contributed by atoms with E-state index in [1.807, 2.05) is 49.7 Å². The molecule has 2 heterocycles. The van der Waals surface area contributed by atoms with Crippen LogP contribution in [0.15, 0.2) is 59.8 Å². The summed E-state index contributed by atoms with van der Waals surface area (Å²) in [6.45, 7) is 2.01. The van der Waals surface area contributed by atoms with Gasteiger partial charge in [-0.2, -0.15) is 0 Å². The Morgan fingerprint density at radius 3 is 2.59 bits per heavy atom. The van der Waals surface area contributed by atoms with Crippen LogP contribution in [-0.2, 0) is 0 Å². The van der Waals surface area contributed by atoms with Gasteiger partial charge in [0.15, 0.2) is 0 Å². The third-order valence-corrected chi connectivity index (χ3v) is 4.39. The highest BCUT2D eigenvalue weighted by Gasteiger charge is 2.09. The topological polar surface area (TPSA) is 25.8 Å². The SMILES string of the molecule is CSc1cc(Cl)cc(-c2cc(-c3ccccn3)cnc2C)c1. The zero-order valence-electron chi connectivity index (χ0n) is 12.4. The number of nitrogens with zero attached hydrogens (tertiary/aromatic N) is 2. The highest BCUT2D eigenvalue weighted by atomic mass is 35.5. The Hall–Kier alpha value is -1.84. The first-order chi connectivity index (χ1) is 10.7. The lowest BCUT2D eigenvalue weighted by Gasteiger charge is -2.10. The first kappa shape index (κ1) is 15.1. The van der Waals surface area contributed by atoms with Gasteiger partial charge in [-0.1, -0.05) is 17.7 Å². The van der Waals surface area contributed by atoms with E-state index >= 15 is 0 Å². The van der Waals surface area contributed by atoms with E-state index < -0.39 is 0 Å². The standard InChI is InChI=1S/C18H15ClN2S/c1-12-17(13-7-15(19)10-16(8-13)22-2)9-14(11-21-12)18-5-3-4-6-20-18/h3-11H,1-2H3. The van der Waals surface area contributed by atoms with Gasteiger partial charge in [-0.25, -0.2) is 0 Å². The van der Waals surface area contributed by atoms with Crippen LogP contribution in [0.25, 0.3) is 22.4 Å². The second-order valence-corrected chi connectivity index (χ2v) is 6.27. The van der Waals surface area contributed by atoms with Crippen molar-refractivity contribution in [3.05, 3.63) is 65.6 Å². The molecule has 0 aliphatic rings. The van der Waals surface area contributed by atoms with Crippen molar-refractivity contribution in [3.63, 3.8) is 0 Å². The summed E-state index contributed by atoms with van der Waals surface area (Å²) in [5, 5.41) is 0.740. The van der Waals surface area contributed by atoms with Gasteiger partial charge in [-0.3, -0.25) is 9.97 Å². The summed E-state index contributed by atoms with van der Waals surface area (Å²) in [5.74, 6) is 0. The summed E-state index contributed by atoms with van der Waals surface area (Å²) in [5.41, 5.74) is 5.07. The fraction of sp³-hybridized carbons (Fsp3) is 0.111. The molecule has 0 bridgehead atoms. The molecule has 2 nitrogen and oxygen atoms in total. The van der Waals surface area contributed by atoms with Crippen molar-refractivity contribution in [1.82, 2.24) is 9.97 Å². The summed E-state index contributed by atoms with van der Waals surface area (Å²) in [4.78, 5) is 10.1. The molecule has 0 spiro atoms. The Balaban J connectivity index is 2.13. The van der Waals surface area contributed by atoms with Crippen LogP contribution in [0.3, 0.4) is 0 Å². The van der Waals surface area contributed by atoms with Crippen molar-refractivity contribution in [3.8, 4) is 22.4 Å². The normalized spacial score (nSPS) is 10.7. The lowest BCUT2D eigenvalue weighted by Crippen LogP contribution is -1.91. The maximum Gasteiger partial charge on any atom is 0.0717 e. The molecule has 4 heteroatoms. The van der Waals surface area contributed by atoms with Crippen molar-refractivity contribution in [2.24, 2.45) is 0 Å². The number of hydrogen-bond acceptors (Lipinski definition) is 3. The van der Waals surface area contributed by atoms with E-state index in [2.05, 4.69) is 22.1 Å². The average molecular weight is 327 g/mol. The number of halogens is 1. The molecule has 0 saturated carbocycles. The van der Waals surface area contributed by atoms with Gasteiger partial charge in [-0.15, -0.1) is 11.8 Å². The Kier molecular flexibility index (Phi) is 4.46. The minimum atomic E-state index is 0.740. The third kappa shape index (κ3) is 3.16. The van der Waals surface area contributed by atoms with Crippen molar-refractivity contribution >= 4 is 23.4 Å². The predicted molar refractivity (Wildman–Crippen MR) is 94.4 cm³/mol. The lowest BCUT2D eigenvalue weighted by molar-refractivity contribution is 1.19. The maximum atomic E-state index is 6.24. The minimum Gasteiger partial charge on any atom is -0.260 e. The molecular weight excluding hydrogens is 312 g/mol. The first-order valence-electron chi connectivity index (χ1n) is 6.90. The van der Waals surface area contributed by atoms with Gasteiger partial charge in [0.1, 0.15) is 0 Å². The summed E-state index contributed by atoms with van der Waals surface area (Å²) in [6, 6.07) is 14.1. The van der Waals surface area contributed by atoms with Gasteiger partial charge in [0, 0.05) is 39.1 Å². The van der Waals surface area contributed by atoms with Gasteiger partial charge in [-0.05, 0) is 55.1 Å². The van der Waals surface area contributed by atoms with E-state index in [-0.39, 0.29) is 0 Å². The quantitative estimate of drug-likeness (QED) is 0.595. The van der Waals surface area contributed by atoms with E-state index in [1.54, 1.807) is 18.0 Å². The molecule has 0 aliphatic heterocycles. The van der Waals surface area contributed by atoms with E-state index in [9.17, 15) is 0 Å². The van der Waals surface area contributed by atoms with E-state index in [4.69, 9.17) is 11.6 Å². The van der Waals surface area contributed by atoms with Gasteiger partial charge in [0.05, 0.1) is 5.69 Å². The zero-order chi connectivity index (χ0) is 15.5. The molecule has 2 aromatic heterocycles. The summed E-state index contributed by atoms with van der Waals surface area (Å²) >= 11 is 7.92. The molecule has 0 atom stereocenters. The number of thioether (sulfide) groups is 1. The van der Waals surface area contributed by atoms with E-state index in [0.717, 1.165) is 38.0 Å². The highest BCUT2D eigenvalue weighted by molar-refractivity contribution is 7.98. The molecule has 0 unspecified atom stereocenters. The minimum absolute atomic E-state index is 0.740. The Bertz CT molecular complexity index is 803. The molecule has 0 radical (unpaired) electrons. The predicted octanol–water partition coefficient (Wildman–Crippen LogP) is 5.49. The first-order valence-corrected chi connectivity index (χ1v) is 8.50. The average Bonchev–Trinajstić information content (AvgIpc) is 2.55. The zero-order valence-corrected chi connectivity index (χ0v) is 13.9. The Morgan fingerprint density at radius 1 is 1.00 bits per heavy atom. The fourth-order valence-electron chi connectivity index (χ4n) is 2.34. The van der Waals surface area contributed by atoms with Crippen molar-refractivity contribution < 1.29 is 0 Å². The smallest absolute Gasteiger partial charge is 0.0717 e. The van der Waals surface area contributed by atoms with Crippen LogP contribution in [0, 0.1) is 6.92 Å².